The summed E-state index contributed by atoms with van der Waals surface area (Å²) < 4.78 is 21.9. The number of amides is 4. The summed E-state index contributed by atoms with van der Waals surface area (Å²) in [6, 6.07) is 12.4. The van der Waals surface area contributed by atoms with Crippen molar-refractivity contribution in [3.63, 3.8) is 0 Å². The number of ether oxygens (including phenoxy) is 4. The summed E-state index contributed by atoms with van der Waals surface area (Å²) in [4.78, 5) is 74.4. The molecule has 2 fully saturated rings. The lowest BCUT2D eigenvalue weighted by Crippen LogP contribution is -2.56. The Morgan fingerprint density at radius 1 is 0.940 bits per heavy atom. The van der Waals surface area contributed by atoms with Crippen molar-refractivity contribution in [1.29, 1.82) is 0 Å². The number of aromatic amines is 2. The van der Waals surface area contributed by atoms with Crippen LogP contribution in [0.15, 0.2) is 73.0 Å². The van der Waals surface area contributed by atoms with Gasteiger partial charge in [-0.25, -0.2) is 19.6 Å². The van der Waals surface area contributed by atoms with Crippen LogP contribution in [0.1, 0.15) is 89.1 Å². The van der Waals surface area contributed by atoms with Crippen LogP contribution in [0.25, 0.3) is 44.2 Å². The van der Waals surface area contributed by atoms with E-state index in [1.807, 2.05) is 74.1 Å². The Kier molecular flexibility index (Phi) is 12.6. The lowest BCUT2D eigenvalue weighted by Gasteiger charge is -2.38. The Bertz CT molecular complexity index is 2780. The molecule has 0 saturated carbocycles. The minimum atomic E-state index is -0.870. The van der Waals surface area contributed by atoms with Crippen LogP contribution in [-0.2, 0) is 30.4 Å². The fourth-order valence-electron chi connectivity index (χ4n) is 10.5. The van der Waals surface area contributed by atoms with Crippen molar-refractivity contribution in [2.24, 2.45) is 17.3 Å². The van der Waals surface area contributed by atoms with Gasteiger partial charge in [-0.15, -0.1) is 0 Å². The van der Waals surface area contributed by atoms with E-state index in [9.17, 15) is 19.2 Å². The van der Waals surface area contributed by atoms with Gasteiger partial charge < -0.3 is 49.3 Å². The van der Waals surface area contributed by atoms with E-state index in [0.29, 0.717) is 50.7 Å². The predicted octanol–water partition coefficient (Wildman–Crippen LogP) is 8.27. The van der Waals surface area contributed by atoms with Gasteiger partial charge in [-0.1, -0.05) is 69.7 Å². The summed E-state index contributed by atoms with van der Waals surface area (Å²) in [7, 11) is 4.27. The number of likely N-dealkylation sites (tertiary alicyclic amines) is 2. The van der Waals surface area contributed by atoms with Gasteiger partial charge in [0.25, 0.3) is 0 Å². The Hall–Kier alpha value is -6.68. The molecule has 0 spiro atoms. The molecule has 1 unspecified atom stereocenters. The topological polar surface area (TPSA) is 193 Å². The maximum absolute atomic E-state index is 14.7. The second kappa shape index (κ2) is 18.5. The highest BCUT2D eigenvalue weighted by Gasteiger charge is 2.47. The van der Waals surface area contributed by atoms with Gasteiger partial charge in [-0.05, 0) is 84.9 Å². The third-order valence-electron chi connectivity index (χ3n) is 14.5. The largest absolute Gasteiger partial charge is 0.488 e. The lowest BCUT2D eigenvalue weighted by molar-refractivity contribution is -0.138. The minimum absolute atomic E-state index is 0.0236. The number of imidazole rings is 2. The van der Waals surface area contributed by atoms with E-state index in [4.69, 9.17) is 28.9 Å². The first-order valence-electron chi connectivity index (χ1n) is 23.3. The van der Waals surface area contributed by atoms with Gasteiger partial charge in [0.1, 0.15) is 36.1 Å². The highest BCUT2D eigenvalue weighted by molar-refractivity contribution is 6.07. The number of aromatic nitrogens is 4. The third-order valence-corrected chi connectivity index (χ3v) is 14.5. The normalized spacial score (nSPS) is 23.3. The summed E-state index contributed by atoms with van der Waals surface area (Å²) in [5, 5.41) is 7.56. The number of methoxy groups -OCH3 is 3. The number of nitrogens with one attached hydrogen (secondary N) is 4. The van der Waals surface area contributed by atoms with Gasteiger partial charge in [0, 0.05) is 42.0 Å². The van der Waals surface area contributed by atoms with E-state index in [0.717, 1.165) is 68.3 Å². The molecule has 4 amide bonds. The Morgan fingerprint density at radius 3 is 2.49 bits per heavy atom. The molecule has 16 heteroatoms. The average molecular weight is 913 g/mol. The SMILES string of the molecule is CC[C@H](C)[C@H](NC(=O)OC)C(=O)N1[C@@H](C)CC[C@H]1c1ncc(-c2ccc3c(c2)COc2cc4c(ccc5[nH]c([C@@H]6C[C@H](COC)CN6C(=O)[C@H](NC(=O)OC)C6(C)C=CC=CC6)nc54)cc2-3)[nH]1. The fraction of sp³-hybridized carbons (Fsp3) is 0.451. The summed E-state index contributed by atoms with van der Waals surface area (Å²) in [6.45, 7) is 9.26. The second-order valence-electron chi connectivity index (χ2n) is 18.8. The molecule has 2 saturated heterocycles. The molecule has 1 aliphatic carbocycles. The fourth-order valence-corrected chi connectivity index (χ4v) is 10.5. The maximum Gasteiger partial charge on any atom is 0.407 e. The number of hydrogen-bond donors (Lipinski definition) is 4. The van der Waals surface area contributed by atoms with E-state index in [1.54, 1.807) is 7.11 Å². The van der Waals surface area contributed by atoms with Crippen LogP contribution < -0.4 is 15.4 Å². The molecule has 3 aromatic carbocycles. The zero-order chi connectivity index (χ0) is 47.1. The molecule has 16 nitrogen and oxygen atoms in total. The van der Waals surface area contributed by atoms with Crippen LogP contribution in [0.3, 0.4) is 0 Å². The zero-order valence-electron chi connectivity index (χ0n) is 39.2. The summed E-state index contributed by atoms with van der Waals surface area (Å²) in [5.41, 5.74) is 5.82. The minimum Gasteiger partial charge on any atom is -0.488 e. The van der Waals surface area contributed by atoms with E-state index in [1.165, 1.54) is 14.2 Å². The molecule has 0 radical (unpaired) electrons. The summed E-state index contributed by atoms with van der Waals surface area (Å²) in [6.07, 6.45) is 11.9. The number of H-pyrrole nitrogens is 2. The van der Waals surface area contributed by atoms with Crippen LogP contribution in [0.2, 0.25) is 0 Å². The Morgan fingerprint density at radius 2 is 1.75 bits per heavy atom. The van der Waals surface area contributed by atoms with Crippen molar-refractivity contribution < 1.29 is 38.1 Å². The Labute approximate surface area is 389 Å². The van der Waals surface area contributed by atoms with E-state index < -0.39 is 29.7 Å². The second-order valence-corrected chi connectivity index (χ2v) is 18.8. The molecule has 2 aromatic heterocycles. The molecule has 4 aliphatic rings. The molecule has 5 aromatic rings. The molecular weight excluding hydrogens is 853 g/mol. The predicted molar refractivity (Wildman–Crippen MR) is 253 cm³/mol. The van der Waals surface area contributed by atoms with Gasteiger partial charge in [-0.2, -0.15) is 0 Å². The molecule has 352 valence electrons. The first-order valence-corrected chi connectivity index (χ1v) is 23.3. The summed E-state index contributed by atoms with van der Waals surface area (Å²) >= 11 is 0. The first kappa shape index (κ1) is 45.5. The molecule has 5 heterocycles. The first-order chi connectivity index (χ1) is 32.3. The lowest BCUT2D eigenvalue weighted by atomic mass is 9.76. The zero-order valence-corrected chi connectivity index (χ0v) is 39.2. The van der Waals surface area contributed by atoms with Gasteiger partial charge >= 0.3 is 12.2 Å². The number of rotatable bonds is 12. The number of nitrogens with zero attached hydrogens (tertiary/aromatic N) is 4. The van der Waals surface area contributed by atoms with Crippen molar-refractivity contribution >= 4 is 45.8 Å². The van der Waals surface area contributed by atoms with Gasteiger partial charge in [0.2, 0.25) is 11.8 Å². The van der Waals surface area contributed by atoms with Crippen LogP contribution in [0.5, 0.6) is 5.75 Å². The van der Waals surface area contributed by atoms with E-state index >= 15 is 0 Å². The quantitative estimate of drug-likeness (QED) is 0.0947. The van der Waals surface area contributed by atoms with Crippen LogP contribution in [-0.4, -0.2) is 106 Å². The van der Waals surface area contributed by atoms with Crippen LogP contribution in [0, 0.1) is 17.3 Å². The number of fused-ring (bicyclic) bond motifs is 6. The summed E-state index contributed by atoms with van der Waals surface area (Å²) in [5.74, 6) is 1.77. The van der Waals surface area contributed by atoms with Crippen molar-refractivity contribution in [3.8, 4) is 28.1 Å². The average Bonchev–Trinajstić information content (AvgIpc) is 4.17. The number of alkyl carbamates (subject to hydrolysis) is 2. The van der Waals surface area contributed by atoms with Crippen molar-refractivity contribution in [1.82, 2.24) is 40.4 Å². The number of hydrogen-bond acceptors (Lipinski definition) is 10. The van der Waals surface area contributed by atoms with Crippen LogP contribution in [0.4, 0.5) is 9.59 Å². The molecular formula is C51H60N8O8. The van der Waals surface area contributed by atoms with E-state index in [-0.39, 0.29) is 41.8 Å². The monoisotopic (exact) mass is 912 g/mol. The van der Waals surface area contributed by atoms with Crippen molar-refractivity contribution in [2.75, 3.05) is 34.5 Å². The van der Waals surface area contributed by atoms with Crippen molar-refractivity contribution in [3.05, 3.63) is 90.2 Å². The number of carbonyl (C=O) groups excluding carboxylic acids is 4. The molecule has 4 N–H and O–H groups in total. The van der Waals surface area contributed by atoms with Gasteiger partial charge in [0.05, 0.1) is 55.8 Å². The third kappa shape index (κ3) is 8.51. The molecule has 67 heavy (non-hydrogen) atoms. The highest BCUT2D eigenvalue weighted by Crippen LogP contribution is 2.45. The Balaban J connectivity index is 0.980. The van der Waals surface area contributed by atoms with Gasteiger partial charge in [0.15, 0.2) is 0 Å². The molecule has 9 rings (SSSR count). The number of carbonyl (C=O) groups is 4. The number of allylic oxidation sites excluding steroid dienone is 3. The smallest absolute Gasteiger partial charge is 0.407 e. The van der Waals surface area contributed by atoms with Crippen molar-refractivity contribution in [2.45, 2.75) is 96.6 Å². The number of benzene rings is 3. The van der Waals surface area contributed by atoms with Gasteiger partial charge in [-0.3, -0.25) is 9.59 Å². The molecule has 0 bridgehead atoms. The standard InChI is InChI=1S/C51H60N8O8/c1-8-28(2)42(56-49(62)65-6)47(60)59-29(3)12-17-39(59)45-52-24-38(54-45)32-13-15-34-33(21-32)27-67-41-23-35-31(22-36(34)41)14-16-37-43(35)55-46(53-37)40-20-30(26-64-5)25-58(40)48(61)44(57-50(63)66-7)51(4)18-10-9-11-19-51/h9-11,13-16,18,21-24,28-30,39-40,42,44H,8,12,17,19-20,25-27H2,1-7H3,(H,52,54)(H,53,55)(H,56,62)(H,57,63)/t28-,29-,30-,39-,40-,42-,44-,51?/m0/s1. The molecule has 3 aliphatic heterocycles. The molecule has 8 atom stereocenters. The van der Waals surface area contributed by atoms with Crippen LogP contribution >= 0.6 is 0 Å². The van der Waals surface area contributed by atoms with E-state index in [2.05, 4.69) is 57.0 Å². The maximum atomic E-state index is 14.7. The highest BCUT2D eigenvalue weighted by atomic mass is 16.5.